The first-order chi connectivity index (χ1) is 8.25. The molecule has 3 rings (SSSR count). The van der Waals surface area contributed by atoms with E-state index in [-0.39, 0.29) is 0 Å². The number of nitrogens with zero attached hydrogens (tertiary/aromatic N) is 2. The summed E-state index contributed by atoms with van der Waals surface area (Å²) in [7, 11) is 0. The van der Waals surface area contributed by atoms with Crippen LogP contribution in [0.1, 0.15) is 10.4 Å². The van der Waals surface area contributed by atoms with Crippen molar-refractivity contribution in [3.8, 4) is 0 Å². The first kappa shape index (κ1) is 10.5. The maximum Gasteiger partial charge on any atom is 0.252 e. The molecule has 0 radical (unpaired) electrons. The molecule has 1 aromatic rings. The van der Waals surface area contributed by atoms with Gasteiger partial charge < -0.3 is 16.0 Å². The monoisotopic (exact) mass is 232 g/mol. The van der Waals surface area contributed by atoms with Crippen LogP contribution < -0.4 is 16.0 Å². The second-order valence-corrected chi connectivity index (χ2v) is 4.82. The van der Waals surface area contributed by atoms with Crippen molar-refractivity contribution in [2.24, 2.45) is 17.6 Å². The average molecular weight is 232 g/mol. The van der Waals surface area contributed by atoms with Crippen LogP contribution in [0.4, 0.5) is 5.82 Å². The van der Waals surface area contributed by atoms with E-state index in [9.17, 15) is 4.79 Å². The zero-order valence-electron chi connectivity index (χ0n) is 9.60. The van der Waals surface area contributed by atoms with Gasteiger partial charge in [-0.1, -0.05) is 0 Å². The molecule has 0 spiro atoms. The van der Waals surface area contributed by atoms with E-state index in [1.807, 2.05) is 0 Å². The highest BCUT2D eigenvalue weighted by molar-refractivity contribution is 5.97. The lowest BCUT2D eigenvalue weighted by atomic mass is 10.0. The predicted octanol–water partition coefficient (Wildman–Crippen LogP) is -0.164. The van der Waals surface area contributed by atoms with Crippen LogP contribution in [0.3, 0.4) is 0 Å². The van der Waals surface area contributed by atoms with Gasteiger partial charge in [0.05, 0.1) is 5.56 Å². The number of rotatable bonds is 2. The van der Waals surface area contributed by atoms with Crippen LogP contribution in [0.2, 0.25) is 0 Å². The van der Waals surface area contributed by atoms with Gasteiger partial charge in [-0.15, -0.1) is 0 Å². The second-order valence-electron chi connectivity index (χ2n) is 4.82. The Hall–Kier alpha value is -1.62. The largest absolute Gasteiger partial charge is 0.365 e. The number of primary amides is 1. The number of pyridine rings is 1. The van der Waals surface area contributed by atoms with E-state index in [2.05, 4.69) is 15.2 Å². The molecule has 0 bridgehead atoms. The van der Waals surface area contributed by atoms with E-state index < -0.39 is 5.91 Å². The standard InChI is InChI=1S/C12H16N4O/c13-11(17)10-2-1-3-15-12(10)16-6-8-4-14-5-9(8)7-16/h1-3,8-9,14H,4-7H2,(H2,13,17). The van der Waals surface area contributed by atoms with Crippen LogP contribution in [-0.4, -0.2) is 37.1 Å². The lowest BCUT2D eigenvalue weighted by molar-refractivity contribution is 0.100. The average Bonchev–Trinajstić information content (AvgIpc) is 2.88. The van der Waals surface area contributed by atoms with Crippen molar-refractivity contribution < 1.29 is 4.79 Å². The molecule has 2 atom stereocenters. The second kappa shape index (κ2) is 4.00. The molecule has 2 unspecified atom stereocenters. The number of carbonyl (C=O) groups is 1. The summed E-state index contributed by atoms with van der Waals surface area (Å²) in [6.45, 7) is 4.07. The third kappa shape index (κ3) is 1.76. The van der Waals surface area contributed by atoms with Crippen LogP contribution in [0.5, 0.6) is 0 Å². The summed E-state index contributed by atoms with van der Waals surface area (Å²) in [5.74, 6) is 1.70. The van der Waals surface area contributed by atoms with Crippen molar-refractivity contribution in [1.82, 2.24) is 10.3 Å². The Labute approximate surface area is 100 Å². The lowest BCUT2D eigenvalue weighted by Gasteiger charge is -2.20. The summed E-state index contributed by atoms with van der Waals surface area (Å²) in [6.07, 6.45) is 1.72. The van der Waals surface area contributed by atoms with E-state index in [1.54, 1.807) is 18.3 Å². The zero-order chi connectivity index (χ0) is 11.8. The van der Waals surface area contributed by atoms with Gasteiger partial charge in [-0.2, -0.15) is 0 Å². The highest BCUT2D eigenvalue weighted by Crippen LogP contribution is 2.30. The van der Waals surface area contributed by atoms with E-state index in [4.69, 9.17) is 5.73 Å². The first-order valence-corrected chi connectivity index (χ1v) is 5.96. The smallest absolute Gasteiger partial charge is 0.252 e. The lowest BCUT2D eigenvalue weighted by Crippen LogP contribution is -2.28. The molecule has 0 aliphatic carbocycles. The number of carbonyl (C=O) groups excluding carboxylic acids is 1. The quantitative estimate of drug-likeness (QED) is 0.743. The van der Waals surface area contributed by atoms with Gasteiger partial charge in [0.25, 0.3) is 5.91 Å². The fourth-order valence-corrected chi connectivity index (χ4v) is 2.87. The summed E-state index contributed by atoms with van der Waals surface area (Å²) in [5, 5.41) is 3.39. The third-order valence-electron chi connectivity index (χ3n) is 3.74. The van der Waals surface area contributed by atoms with Gasteiger partial charge >= 0.3 is 0 Å². The topological polar surface area (TPSA) is 71.2 Å². The molecule has 17 heavy (non-hydrogen) atoms. The third-order valence-corrected chi connectivity index (χ3v) is 3.74. The Morgan fingerprint density at radius 2 is 2.12 bits per heavy atom. The molecule has 90 valence electrons. The molecule has 2 saturated heterocycles. The minimum absolute atomic E-state index is 0.400. The molecule has 1 amide bonds. The molecule has 2 aliphatic rings. The van der Waals surface area contributed by atoms with E-state index >= 15 is 0 Å². The Morgan fingerprint density at radius 1 is 1.41 bits per heavy atom. The number of nitrogens with one attached hydrogen (secondary N) is 1. The number of hydrogen-bond acceptors (Lipinski definition) is 4. The van der Waals surface area contributed by atoms with Crippen LogP contribution >= 0.6 is 0 Å². The highest BCUT2D eigenvalue weighted by atomic mass is 16.1. The van der Waals surface area contributed by atoms with E-state index in [1.165, 1.54) is 0 Å². The molecule has 5 heteroatoms. The number of aromatic nitrogens is 1. The Balaban J connectivity index is 1.88. The molecule has 2 aliphatic heterocycles. The normalized spacial score (nSPS) is 27.2. The predicted molar refractivity (Wildman–Crippen MR) is 64.8 cm³/mol. The summed E-state index contributed by atoms with van der Waals surface area (Å²) in [6, 6.07) is 3.50. The van der Waals surface area contributed by atoms with Crippen molar-refractivity contribution in [2.45, 2.75) is 0 Å². The number of anilines is 1. The van der Waals surface area contributed by atoms with Crippen LogP contribution in [0, 0.1) is 11.8 Å². The maximum atomic E-state index is 11.4. The summed E-state index contributed by atoms with van der Waals surface area (Å²) in [5.41, 5.74) is 5.91. The van der Waals surface area contributed by atoms with E-state index in [0.29, 0.717) is 17.4 Å². The Bertz CT molecular complexity index is 436. The molecular formula is C12H16N4O. The number of fused-ring (bicyclic) bond motifs is 1. The van der Waals surface area contributed by atoms with Gasteiger partial charge in [0, 0.05) is 32.4 Å². The van der Waals surface area contributed by atoms with Gasteiger partial charge in [0.1, 0.15) is 5.82 Å². The molecular weight excluding hydrogens is 216 g/mol. The Kier molecular flexibility index (Phi) is 2.48. The molecule has 3 heterocycles. The van der Waals surface area contributed by atoms with Crippen LogP contribution in [0.15, 0.2) is 18.3 Å². The van der Waals surface area contributed by atoms with Gasteiger partial charge in [0.2, 0.25) is 0 Å². The SMILES string of the molecule is NC(=O)c1cccnc1N1CC2CNCC2C1. The van der Waals surface area contributed by atoms with Crippen LogP contribution in [-0.2, 0) is 0 Å². The van der Waals surface area contributed by atoms with Gasteiger partial charge in [-0.05, 0) is 24.0 Å². The van der Waals surface area contributed by atoms with Crippen molar-refractivity contribution in [3.05, 3.63) is 23.9 Å². The molecule has 1 aromatic heterocycles. The molecule has 3 N–H and O–H groups in total. The molecule has 0 aromatic carbocycles. The summed E-state index contributed by atoms with van der Waals surface area (Å²) < 4.78 is 0. The van der Waals surface area contributed by atoms with Gasteiger partial charge in [-0.25, -0.2) is 4.98 Å². The fourth-order valence-electron chi connectivity index (χ4n) is 2.87. The minimum Gasteiger partial charge on any atom is -0.365 e. The van der Waals surface area contributed by atoms with Gasteiger partial charge in [0.15, 0.2) is 0 Å². The van der Waals surface area contributed by atoms with E-state index in [0.717, 1.165) is 32.0 Å². The molecule has 5 nitrogen and oxygen atoms in total. The molecule has 2 fully saturated rings. The Morgan fingerprint density at radius 3 is 2.76 bits per heavy atom. The van der Waals surface area contributed by atoms with Crippen molar-refractivity contribution in [3.63, 3.8) is 0 Å². The minimum atomic E-state index is -0.400. The summed E-state index contributed by atoms with van der Waals surface area (Å²) >= 11 is 0. The van der Waals surface area contributed by atoms with Crippen molar-refractivity contribution in [1.29, 1.82) is 0 Å². The number of hydrogen-bond donors (Lipinski definition) is 2. The zero-order valence-corrected chi connectivity index (χ0v) is 9.60. The van der Waals surface area contributed by atoms with Crippen LogP contribution in [0.25, 0.3) is 0 Å². The number of nitrogens with two attached hydrogens (primary N) is 1. The first-order valence-electron chi connectivity index (χ1n) is 5.96. The fraction of sp³-hybridized carbons (Fsp3) is 0.500. The van der Waals surface area contributed by atoms with Crippen molar-refractivity contribution >= 4 is 11.7 Å². The number of amides is 1. The van der Waals surface area contributed by atoms with Gasteiger partial charge in [-0.3, -0.25) is 4.79 Å². The highest BCUT2D eigenvalue weighted by Gasteiger charge is 2.37. The summed E-state index contributed by atoms with van der Waals surface area (Å²) in [4.78, 5) is 17.9. The van der Waals surface area contributed by atoms with Crippen molar-refractivity contribution in [2.75, 3.05) is 31.1 Å². The maximum absolute atomic E-state index is 11.4. The molecule has 0 saturated carbocycles.